The number of nitriles is 1. The number of nitro groups is 2. The normalized spacial score (nSPS) is 10.3. The number of benzene rings is 2. The van der Waals surface area contributed by atoms with Crippen LogP contribution in [0.3, 0.4) is 0 Å². The van der Waals surface area contributed by atoms with Gasteiger partial charge < -0.3 is 5.73 Å². The average Bonchev–Trinajstić information content (AvgIpc) is 2.67. The minimum atomic E-state index is -0.635. The molecule has 138 valence electrons. The number of non-ortho nitro benzene ring substituents is 1. The Hall–Kier alpha value is -4.03. The molecule has 0 saturated carbocycles. The first-order valence-electron chi connectivity index (χ1n) is 7.71. The van der Waals surface area contributed by atoms with Crippen LogP contribution < -0.4 is 5.73 Å². The van der Waals surface area contributed by atoms with E-state index in [1.807, 2.05) is 6.07 Å². The Labute approximate surface area is 162 Å². The van der Waals surface area contributed by atoms with Crippen molar-refractivity contribution in [1.29, 1.82) is 5.26 Å². The fourth-order valence-corrected chi connectivity index (χ4v) is 2.84. The molecule has 0 aliphatic heterocycles. The van der Waals surface area contributed by atoms with Gasteiger partial charge in [0.25, 0.3) is 11.4 Å². The van der Waals surface area contributed by atoms with Crippen LogP contribution in [0.15, 0.2) is 48.5 Å². The third kappa shape index (κ3) is 3.44. The Bertz CT molecular complexity index is 1170. The third-order valence-corrected chi connectivity index (χ3v) is 4.29. The summed E-state index contributed by atoms with van der Waals surface area (Å²) < 4.78 is 0. The molecule has 0 bridgehead atoms. The molecule has 28 heavy (non-hydrogen) atoms. The largest absolute Gasteiger partial charge is 0.383 e. The van der Waals surface area contributed by atoms with Gasteiger partial charge in [-0.05, 0) is 17.7 Å². The number of nitrogen functional groups attached to an aromatic ring is 1. The Morgan fingerprint density at radius 1 is 1.04 bits per heavy atom. The monoisotopic (exact) mass is 395 g/mol. The van der Waals surface area contributed by atoms with Crippen LogP contribution in [0.2, 0.25) is 5.02 Å². The van der Waals surface area contributed by atoms with Crippen LogP contribution in [0.5, 0.6) is 0 Å². The molecule has 0 radical (unpaired) electrons. The first-order valence-corrected chi connectivity index (χ1v) is 8.09. The number of pyridine rings is 1. The standard InChI is InChI=1S/C18H10ClN5O4/c19-15-5-4-10(7-17(15)24(27)28)13-8-16(22-18(21)14(13)9-20)11-2-1-3-12(6-11)23(25)26/h1-8H,(H2,21,22). The van der Waals surface area contributed by atoms with Crippen molar-refractivity contribution in [1.82, 2.24) is 4.98 Å². The molecule has 0 atom stereocenters. The number of aromatic nitrogens is 1. The van der Waals surface area contributed by atoms with Crippen LogP contribution in [-0.2, 0) is 0 Å². The van der Waals surface area contributed by atoms with Crippen molar-refractivity contribution in [3.05, 3.63) is 79.3 Å². The van der Waals surface area contributed by atoms with E-state index in [1.54, 1.807) is 6.07 Å². The van der Waals surface area contributed by atoms with Gasteiger partial charge in [-0.25, -0.2) is 4.98 Å². The summed E-state index contributed by atoms with van der Waals surface area (Å²) in [6.45, 7) is 0. The second-order valence-corrected chi connectivity index (χ2v) is 6.07. The molecule has 0 fully saturated rings. The molecule has 0 aliphatic rings. The first kappa shape index (κ1) is 18.8. The Morgan fingerprint density at radius 3 is 2.43 bits per heavy atom. The molecule has 0 amide bonds. The third-order valence-electron chi connectivity index (χ3n) is 3.97. The van der Waals surface area contributed by atoms with Gasteiger partial charge in [0.05, 0.1) is 15.5 Å². The van der Waals surface area contributed by atoms with Crippen molar-refractivity contribution >= 4 is 28.8 Å². The summed E-state index contributed by atoms with van der Waals surface area (Å²) in [6.07, 6.45) is 0. The Kier molecular flexibility index (Phi) is 4.89. The van der Waals surface area contributed by atoms with Crippen LogP contribution >= 0.6 is 11.6 Å². The SMILES string of the molecule is N#Cc1c(-c2ccc(Cl)c([N+](=O)[O-])c2)cc(-c2cccc([N+](=O)[O-])c2)nc1N. The zero-order valence-corrected chi connectivity index (χ0v) is 14.8. The summed E-state index contributed by atoms with van der Waals surface area (Å²) in [6, 6.07) is 13.3. The summed E-state index contributed by atoms with van der Waals surface area (Å²) in [5.74, 6) is -0.0980. The molecular weight excluding hydrogens is 386 g/mol. The molecule has 9 nitrogen and oxygen atoms in total. The van der Waals surface area contributed by atoms with Crippen molar-refractivity contribution < 1.29 is 9.85 Å². The van der Waals surface area contributed by atoms with Crippen molar-refractivity contribution in [2.45, 2.75) is 0 Å². The summed E-state index contributed by atoms with van der Waals surface area (Å²) in [5, 5.41) is 31.6. The summed E-state index contributed by atoms with van der Waals surface area (Å²) in [5.41, 5.74) is 6.82. The molecule has 2 aromatic carbocycles. The van der Waals surface area contributed by atoms with Gasteiger partial charge in [0.15, 0.2) is 0 Å². The van der Waals surface area contributed by atoms with E-state index in [2.05, 4.69) is 4.98 Å². The molecule has 0 saturated heterocycles. The van der Waals surface area contributed by atoms with E-state index in [4.69, 9.17) is 17.3 Å². The fraction of sp³-hybridized carbons (Fsp3) is 0. The maximum absolute atomic E-state index is 11.2. The van der Waals surface area contributed by atoms with E-state index in [-0.39, 0.29) is 33.5 Å². The predicted molar refractivity (Wildman–Crippen MR) is 103 cm³/mol. The zero-order chi connectivity index (χ0) is 20.4. The number of anilines is 1. The number of halogens is 1. The highest BCUT2D eigenvalue weighted by atomic mass is 35.5. The van der Waals surface area contributed by atoms with Crippen LogP contribution in [0.25, 0.3) is 22.4 Å². The van der Waals surface area contributed by atoms with Gasteiger partial charge in [0.2, 0.25) is 0 Å². The molecule has 3 rings (SSSR count). The van der Waals surface area contributed by atoms with Gasteiger partial charge in [0.1, 0.15) is 22.5 Å². The number of nitrogens with zero attached hydrogens (tertiary/aromatic N) is 4. The highest BCUT2D eigenvalue weighted by molar-refractivity contribution is 6.32. The van der Waals surface area contributed by atoms with Crippen molar-refractivity contribution in [2.75, 3.05) is 5.73 Å². The number of hydrogen-bond donors (Lipinski definition) is 1. The maximum Gasteiger partial charge on any atom is 0.288 e. The van der Waals surface area contributed by atoms with Crippen molar-refractivity contribution in [3.63, 3.8) is 0 Å². The Morgan fingerprint density at radius 2 is 1.79 bits per heavy atom. The van der Waals surface area contributed by atoms with Crippen LogP contribution in [-0.4, -0.2) is 14.8 Å². The molecule has 1 heterocycles. The fourth-order valence-electron chi connectivity index (χ4n) is 2.66. The molecule has 3 aromatic rings. The molecule has 0 aliphatic carbocycles. The lowest BCUT2D eigenvalue weighted by Gasteiger charge is -2.10. The highest BCUT2D eigenvalue weighted by Gasteiger charge is 2.19. The van der Waals surface area contributed by atoms with Crippen molar-refractivity contribution in [3.8, 4) is 28.5 Å². The van der Waals surface area contributed by atoms with Crippen LogP contribution in [0.4, 0.5) is 17.2 Å². The lowest BCUT2D eigenvalue weighted by molar-refractivity contribution is -0.384. The number of rotatable bonds is 4. The van der Waals surface area contributed by atoms with Gasteiger partial charge in [-0.3, -0.25) is 20.2 Å². The van der Waals surface area contributed by atoms with Gasteiger partial charge in [-0.1, -0.05) is 29.8 Å². The molecule has 0 spiro atoms. The second kappa shape index (κ2) is 7.30. The van der Waals surface area contributed by atoms with E-state index < -0.39 is 9.85 Å². The lowest BCUT2D eigenvalue weighted by atomic mass is 9.98. The van der Waals surface area contributed by atoms with E-state index in [0.29, 0.717) is 16.7 Å². The van der Waals surface area contributed by atoms with Crippen molar-refractivity contribution in [2.24, 2.45) is 0 Å². The minimum Gasteiger partial charge on any atom is -0.383 e. The Balaban J connectivity index is 2.24. The second-order valence-electron chi connectivity index (χ2n) is 5.66. The van der Waals surface area contributed by atoms with Gasteiger partial charge in [-0.2, -0.15) is 5.26 Å². The number of nitro benzene ring substituents is 2. The van der Waals surface area contributed by atoms with E-state index in [1.165, 1.54) is 42.5 Å². The zero-order valence-electron chi connectivity index (χ0n) is 14.0. The quantitative estimate of drug-likeness (QED) is 0.509. The first-order chi connectivity index (χ1) is 13.3. The van der Waals surface area contributed by atoms with Gasteiger partial charge in [0, 0.05) is 29.3 Å². The van der Waals surface area contributed by atoms with Gasteiger partial charge in [-0.15, -0.1) is 0 Å². The molecule has 2 N–H and O–H groups in total. The smallest absolute Gasteiger partial charge is 0.288 e. The van der Waals surface area contributed by atoms with Gasteiger partial charge >= 0.3 is 0 Å². The maximum atomic E-state index is 11.2. The van der Waals surface area contributed by atoms with Crippen LogP contribution in [0.1, 0.15) is 5.56 Å². The lowest BCUT2D eigenvalue weighted by Crippen LogP contribution is -2.00. The summed E-state index contributed by atoms with van der Waals surface area (Å²) >= 11 is 5.85. The minimum absolute atomic E-state index is 0.0331. The summed E-state index contributed by atoms with van der Waals surface area (Å²) in [4.78, 5) is 25.2. The molecular formula is C18H10ClN5O4. The van der Waals surface area contributed by atoms with E-state index in [9.17, 15) is 25.5 Å². The molecule has 10 heteroatoms. The average molecular weight is 396 g/mol. The predicted octanol–water partition coefficient (Wildman–Crippen LogP) is 4.34. The highest BCUT2D eigenvalue weighted by Crippen LogP contribution is 2.35. The number of nitrogens with two attached hydrogens (primary N) is 1. The summed E-state index contributed by atoms with van der Waals surface area (Å²) in [7, 11) is 0. The number of hydrogen-bond acceptors (Lipinski definition) is 7. The van der Waals surface area contributed by atoms with E-state index in [0.717, 1.165) is 0 Å². The molecule has 1 aromatic heterocycles. The van der Waals surface area contributed by atoms with E-state index >= 15 is 0 Å². The topological polar surface area (TPSA) is 149 Å². The van der Waals surface area contributed by atoms with Crippen LogP contribution in [0, 0.1) is 31.6 Å². The molecule has 0 unspecified atom stereocenters.